The van der Waals surface area contributed by atoms with Crippen LogP contribution in [0.25, 0.3) is 34.0 Å². The molecule has 0 radical (unpaired) electrons. The Hall–Kier alpha value is -3.72. The molecule has 3 aromatic carbocycles. The summed E-state index contributed by atoms with van der Waals surface area (Å²) in [6, 6.07) is 27.8. The molecule has 0 N–H and O–H groups in total. The largest absolute Gasteiger partial charge is 0.275 e. The third kappa shape index (κ3) is 4.31. The number of rotatable bonds is 4. The molecule has 0 atom stereocenters. The number of nitrogens with zero attached hydrogens (tertiary/aromatic N) is 3. The van der Waals surface area contributed by atoms with E-state index in [1.165, 1.54) is 16.7 Å². The summed E-state index contributed by atoms with van der Waals surface area (Å²) < 4.78 is 2.16. The van der Waals surface area contributed by atoms with Crippen molar-refractivity contribution in [3.05, 3.63) is 108 Å². The highest BCUT2D eigenvalue weighted by atomic mass is 15.3. The second-order valence-corrected chi connectivity index (χ2v) is 9.58. The fourth-order valence-corrected chi connectivity index (χ4v) is 4.28. The van der Waals surface area contributed by atoms with Crippen molar-refractivity contribution in [1.29, 1.82) is 0 Å². The predicted octanol–water partition coefficient (Wildman–Crippen LogP) is 7.63. The van der Waals surface area contributed by atoms with Crippen molar-refractivity contribution in [3.63, 3.8) is 0 Å². The second-order valence-electron chi connectivity index (χ2n) is 9.58. The molecule has 0 amide bonds. The molecule has 0 fully saturated rings. The van der Waals surface area contributed by atoms with Crippen LogP contribution in [0.4, 0.5) is 0 Å². The van der Waals surface area contributed by atoms with E-state index in [-0.39, 0.29) is 5.41 Å². The summed E-state index contributed by atoms with van der Waals surface area (Å²) in [5.74, 6) is 1.70. The van der Waals surface area contributed by atoms with Crippen LogP contribution in [-0.4, -0.2) is 14.8 Å². The van der Waals surface area contributed by atoms with Crippen LogP contribution >= 0.6 is 0 Å². The Morgan fingerprint density at radius 1 is 0.697 bits per heavy atom. The van der Waals surface area contributed by atoms with Crippen LogP contribution in [-0.2, 0) is 5.41 Å². The van der Waals surface area contributed by atoms with Gasteiger partial charge >= 0.3 is 0 Å². The van der Waals surface area contributed by atoms with Gasteiger partial charge in [0.2, 0.25) is 0 Å². The van der Waals surface area contributed by atoms with Crippen LogP contribution in [0.3, 0.4) is 0 Å². The van der Waals surface area contributed by atoms with Gasteiger partial charge in [-0.2, -0.15) is 0 Å². The van der Waals surface area contributed by atoms with Crippen LogP contribution in [0.15, 0.2) is 97.1 Å². The normalized spacial score (nSPS) is 13.7. The molecule has 0 spiro atoms. The molecule has 1 aliphatic carbocycles. The van der Waals surface area contributed by atoms with E-state index in [0.717, 1.165) is 41.3 Å². The van der Waals surface area contributed by atoms with Crippen LogP contribution in [0, 0.1) is 0 Å². The number of benzene rings is 3. The molecule has 0 aliphatic heterocycles. The first-order chi connectivity index (χ1) is 16.0. The Morgan fingerprint density at radius 3 is 1.82 bits per heavy atom. The van der Waals surface area contributed by atoms with Gasteiger partial charge in [0.25, 0.3) is 0 Å². The molecule has 0 saturated heterocycles. The minimum atomic E-state index is 0.113. The molecule has 3 heteroatoms. The van der Waals surface area contributed by atoms with Gasteiger partial charge in [-0.1, -0.05) is 106 Å². The van der Waals surface area contributed by atoms with Crippen molar-refractivity contribution in [2.75, 3.05) is 0 Å². The summed E-state index contributed by atoms with van der Waals surface area (Å²) in [7, 11) is 0. The molecule has 0 bridgehead atoms. The average Bonchev–Trinajstić information content (AvgIpc) is 3.30. The van der Waals surface area contributed by atoms with E-state index in [0.29, 0.717) is 0 Å². The molecule has 3 nitrogen and oxygen atoms in total. The molecule has 1 heterocycles. The lowest BCUT2D eigenvalue weighted by Gasteiger charge is -2.19. The van der Waals surface area contributed by atoms with Gasteiger partial charge in [0.15, 0.2) is 11.6 Å². The highest BCUT2D eigenvalue weighted by Gasteiger charge is 2.19. The van der Waals surface area contributed by atoms with Crippen molar-refractivity contribution >= 4 is 5.57 Å². The monoisotopic (exact) mass is 431 g/mol. The number of hydrogen-bond acceptors (Lipinski definition) is 2. The molecule has 0 unspecified atom stereocenters. The number of allylic oxidation sites excluding steroid dienone is 4. The summed E-state index contributed by atoms with van der Waals surface area (Å²) in [6.07, 6.45) is 8.77. The third-order valence-corrected chi connectivity index (χ3v) is 6.21. The van der Waals surface area contributed by atoms with Crippen molar-refractivity contribution < 1.29 is 0 Å². The molecular weight excluding hydrogens is 402 g/mol. The van der Waals surface area contributed by atoms with E-state index in [1.807, 2.05) is 6.07 Å². The Labute approximate surface area is 196 Å². The van der Waals surface area contributed by atoms with Crippen molar-refractivity contribution in [1.82, 2.24) is 14.8 Å². The highest BCUT2D eigenvalue weighted by Crippen LogP contribution is 2.32. The zero-order valence-corrected chi connectivity index (χ0v) is 19.5. The Bertz CT molecular complexity index is 1300. The summed E-state index contributed by atoms with van der Waals surface area (Å²) >= 11 is 0. The van der Waals surface area contributed by atoms with E-state index in [4.69, 9.17) is 0 Å². The zero-order chi connectivity index (χ0) is 22.8. The van der Waals surface area contributed by atoms with Gasteiger partial charge < -0.3 is 0 Å². The predicted molar refractivity (Wildman–Crippen MR) is 137 cm³/mol. The van der Waals surface area contributed by atoms with E-state index >= 15 is 0 Å². The quantitative estimate of drug-likeness (QED) is 0.332. The molecule has 5 rings (SSSR count). The van der Waals surface area contributed by atoms with E-state index < -0.39 is 0 Å². The first kappa shape index (κ1) is 21.1. The van der Waals surface area contributed by atoms with Crippen molar-refractivity contribution in [3.8, 4) is 28.5 Å². The highest BCUT2D eigenvalue weighted by molar-refractivity contribution is 5.72. The fourth-order valence-electron chi connectivity index (χ4n) is 4.28. The first-order valence-electron chi connectivity index (χ1n) is 11.6. The summed E-state index contributed by atoms with van der Waals surface area (Å²) in [5, 5.41) is 9.28. The Balaban J connectivity index is 1.58. The molecular formula is C30H29N3. The molecule has 33 heavy (non-hydrogen) atoms. The molecule has 164 valence electrons. The zero-order valence-electron chi connectivity index (χ0n) is 19.5. The number of para-hydroxylation sites is 1. The Kier molecular flexibility index (Phi) is 5.55. The smallest absolute Gasteiger partial charge is 0.168 e. The fraction of sp³-hybridized carbons (Fsp3) is 0.200. The summed E-state index contributed by atoms with van der Waals surface area (Å²) in [4.78, 5) is 0. The van der Waals surface area contributed by atoms with Crippen LogP contribution in [0.2, 0.25) is 0 Å². The van der Waals surface area contributed by atoms with Gasteiger partial charge in [-0.25, -0.2) is 0 Å². The van der Waals surface area contributed by atoms with Gasteiger partial charge in [-0.3, -0.25) is 4.57 Å². The molecule has 0 saturated carbocycles. The van der Waals surface area contributed by atoms with Crippen molar-refractivity contribution in [2.24, 2.45) is 0 Å². The molecule has 1 aromatic heterocycles. The van der Waals surface area contributed by atoms with Gasteiger partial charge in [0.05, 0.1) is 0 Å². The minimum absolute atomic E-state index is 0.113. The summed E-state index contributed by atoms with van der Waals surface area (Å²) in [6.45, 7) is 6.70. The van der Waals surface area contributed by atoms with Crippen LogP contribution in [0.1, 0.15) is 44.7 Å². The lowest BCUT2D eigenvalue weighted by molar-refractivity contribution is 0.590. The SMILES string of the molecule is CC(C)(C)c1ccc(-c2nnc(-c3ccc(C4=CC=CCC4)cc3)n2-c2ccccc2)cc1. The van der Waals surface area contributed by atoms with Crippen LogP contribution < -0.4 is 0 Å². The lowest BCUT2D eigenvalue weighted by Crippen LogP contribution is -2.10. The van der Waals surface area contributed by atoms with E-state index in [1.54, 1.807) is 0 Å². The van der Waals surface area contributed by atoms with Crippen molar-refractivity contribution in [2.45, 2.75) is 39.0 Å². The standard InChI is InChI=1S/C30H29N3/c1-30(2,3)26-20-18-25(19-21-26)29-32-31-28(33(29)27-12-8-5-9-13-27)24-16-14-23(15-17-24)22-10-6-4-7-11-22/h4-6,8-10,12-21H,7,11H2,1-3H3. The minimum Gasteiger partial charge on any atom is -0.275 e. The molecule has 4 aromatic rings. The van der Waals surface area contributed by atoms with E-state index in [9.17, 15) is 0 Å². The van der Waals surface area contributed by atoms with Gasteiger partial charge in [-0.05, 0) is 47.1 Å². The average molecular weight is 432 g/mol. The van der Waals surface area contributed by atoms with E-state index in [2.05, 4.69) is 127 Å². The second kappa shape index (κ2) is 8.67. The topological polar surface area (TPSA) is 30.7 Å². The van der Waals surface area contributed by atoms with Gasteiger partial charge in [0, 0.05) is 16.8 Å². The van der Waals surface area contributed by atoms with Gasteiger partial charge in [-0.15, -0.1) is 10.2 Å². The first-order valence-corrected chi connectivity index (χ1v) is 11.6. The maximum Gasteiger partial charge on any atom is 0.168 e. The van der Waals surface area contributed by atoms with Crippen LogP contribution in [0.5, 0.6) is 0 Å². The summed E-state index contributed by atoms with van der Waals surface area (Å²) in [5.41, 5.74) is 7.24. The maximum atomic E-state index is 4.64. The molecule has 1 aliphatic rings. The Morgan fingerprint density at radius 2 is 1.27 bits per heavy atom. The third-order valence-electron chi connectivity index (χ3n) is 6.21. The lowest BCUT2D eigenvalue weighted by atomic mass is 9.86. The maximum absolute atomic E-state index is 4.64. The number of hydrogen-bond donors (Lipinski definition) is 0. The van der Waals surface area contributed by atoms with Gasteiger partial charge in [0.1, 0.15) is 0 Å². The number of aromatic nitrogens is 3.